The van der Waals surface area contributed by atoms with Crippen LogP contribution in [0.25, 0.3) is 11.2 Å². The van der Waals surface area contributed by atoms with Crippen molar-refractivity contribution in [1.82, 2.24) is 24.4 Å². The molecule has 1 atom stereocenters. The molecule has 0 bridgehead atoms. The fourth-order valence-electron chi connectivity index (χ4n) is 4.39. The minimum atomic E-state index is -0.632. The van der Waals surface area contributed by atoms with Crippen LogP contribution in [0.1, 0.15) is 45.5 Å². The highest BCUT2D eigenvalue weighted by molar-refractivity contribution is 6.28. The number of aryl methyl sites for hydroxylation is 1. The molecule has 1 N–H and O–H groups in total. The Morgan fingerprint density at radius 2 is 1.72 bits per heavy atom. The summed E-state index contributed by atoms with van der Waals surface area (Å²) in [5.74, 6) is 1.54. The summed E-state index contributed by atoms with van der Waals surface area (Å²) < 4.78 is 7.32. The molecular formula is C20H31ClN6O2. The zero-order valence-electron chi connectivity index (χ0n) is 17.7. The molecular weight excluding hydrogens is 392 g/mol. The monoisotopic (exact) mass is 422 g/mol. The van der Waals surface area contributed by atoms with Crippen LogP contribution in [0.15, 0.2) is 0 Å². The second-order valence-electron chi connectivity index (χ2n) is 9.06. The van der Waals surface area contributed by atoms with Crippen molar-refractivity contribution in [2.24, 2.45) is 13.0 Å². The first-order valence-electron chi connectivity index (χ1n) is 10.4. The molecule has 0 aliphatic carbocycles. The number of imidazole rings is 1. The number of piperidine rings is 1. The molecule has 2 saturated heterocycles. The van der Waals surface area contributed by atoms with E-state index in [1.165, 1.54) is 0 Å². The summed E-state index contributed by atoms with van der Waals surface area (Å²) in [7, 11) is 1.89. The maximum atomic E-state index is 11.2. The number of likely N-dealkylation sites (tertiary alicyclic amines) is 1. The molecule has 0 amide bonds. The van der Waals surface area contributed by atoms with Crippen molar-refractivity contribution in [3.63, 3.8) is 0 Å². The summed E-state index contributed by atoms with van der Waals surface area (Å²) in [6, 6.07) is 0. The molecule has 160 valence electrons. The Labute approximate surface area is 176 Å². The van der Waals surface area contributed by atoms with Crippen LogP contribution < -0.4 is 4.90 Å². The fraction of sp³-hybridized carbons (Fsp3) is 0.750. The molecule has 29 heavy (non-hydrogen) atoms. The lowest BCUT2D eigenvalue weighted by Gasteiger charge is -2.41. The summed E-state index contributed by atoms with van der Waals surface area (Å²) >= 11 is 6.22. The van der Waals surface area contributed by atoms with Crippen molar-refractivity contribution in [3.05, 3.63) is 11.1 Å². The van der Waals surface area contributed by atoms with Gasteiger partial charge in [-0.15, -0.1) is 0 Å². The molecule has 4 rings (SSSR count). The highest BCUT2D eigenvalue weighted by atomic mass is 35.5. The van der Waals surface area contributed by atoms with Gasteiger partial charge in [-0.25, -0.2) is 4.98 Å². The van der Waals surface area contributed by atoms with Crippen molar-refractivity contribution in [2.45, 2.75) is 45.3 Å². The second-order valence-corrected chi connectivity index (χ2v) is 9.40. The van der Waals surface area contributed by atoms with Gasteiger partial charge in [0, 0.05) is 25.7 Å². The number of anilines is 1. The summed E-state index contributed by atoms with van der Waals surface area (Å²) in [6.07, 6.45) is 1.27. The van der Waals surface area contributed by atoms with E-state index in [4.69, 9.17) is 21.3 Å². The van der Waals surface area contributed by atoms with E-state index in [9.17, 15) is 5.11 Å². The number of aliphatic hydroxyl groups excluding tert-OH is 1. The zero-order chi connectivity index (χ0) is 20.8. The molecule has 2 aromatic heterocycles. The van der Waals surface area contributed by atoms with Crippen LogP contribution in [0.2, 0.25) is 5.28 Å². The quantitative estimate of drug-likeness (QED) is 0.760. The molecule has 0 saturated carbocycles. The van der Waals surface area contributed by atoms with E-state index in [2.05, 4.69) is 40.5 Å². The highest BCUT2D eigenvalue weighted by Gasteiger charge is 2.33. The average Bonchev–Trinajstić information content (AvgIpc) is 3.03. The highest BCUT2D eigenvalue weighted by Crippen LogP contribution is 2.35. The largest absolute Gasteiger partial charge is 0.385 e. The van der Waals surface area contributed by atoms with E-state index >= 15 is 0 Å². The van der Waals surface area contributed by atoms with Crippen LogP contribution in [0.5, 0.6) is 0 Å². The number of morpholine rings is 1. The standard InChI is InChI=1S/C20H31ClN6O2/c1-20(2,3)27-7-5-13(6-8-27)15(28)18-22-14-16(25(18)4)23-19(21)24-17(14)26-9-11-29-12-10-26/h13,15,28H,5-12H2,1-4H3. The smallest absolute Gasteiger partial charge is 0.226 e. The predicted molar refractivity (Wildman–Crippen MR) is 113 cm³/mol. The van der Waals surface area contributed by atoms with Gasteiger partial charge in [-0.3, -0.25) is 4.90 Å². The predicted octanol–water partition coefficient (Wildman–Crippen LogP) is 2.40. The molecule has 0 radical (unpaired) electrons. The molecule has 9 heteroatoms. The Kier molecular flexibility index (Phi) is 5.72. The van der Waals surface area contributed by atoms with Gasteiger partial charge in [-0.05, 0) is 64.2 Å². The van der Waals surface area contributed by atoms with E-state index in [0.29, 0.717) is 30.2 Å². The number of fused-ring (bicyclic) bond motifs is 1. The summed E-state index contributed by atoms with van der Waals surface area (Å²) in [5.41, 5.74) is 1.51. The maximum absolute atomic E-state index is 11.2. The van der Waals surface area contributed by atoms with E-state index in [0.717, 1.165) is 44.8 Å². The Morgan fingerprint density at radius 3 is 2.34 bits per heavy atom. The van der Waals surface area contributed by atoms with Crippen molar-refractivity contribution >= 4 is 28.6 Å². The molecule has 0 spiro atoms. The van der Waals surface area contributed by atoms with Crippen LogP contribution >= 0.6 is 11.6 Å². The Balaban J connectivity index is 1.62. The Bertz CT molecular complexity index is 866. The molecule has 2 aliphatic heterocycles. The van der Waals surface area contributed by atoms with Gasteiger partial charge >= 0.3 is 0 Å². The van der Waals surface area contributed by atoms with Crippen molar-refractivity contribution in [1.29, 1.82) is 0 Å². The third-order valence-electron chi connectivity index (χ3n) is 6.22. The first-order chi connectivity index (χ1) is 13.8. The maximum Gasteiger partial charge on any atom is 0.226 e. The number of hydrogen-bond acceptors (Lipinski definition) is 7. The van der Waals surface area contributed by atoms with Gasteiger partial charge < -0.3 is 19.3 Å². The minimum Gasteiger partial charge on any atom is -0.385 e. The summed E-state index contributed by atoms with van der Waals surface area (Å²) in [6.45, 7) is 11.5. The number of hydrogen-bond donors (Lipinski definition) is 1. The van der Waals surface area contributed by atoms with Gasteiger partial charge in [0.1, 0.15) is 11.9 Å². The zero-order valence-corrected chi connectivity index (χ0v) is 18.5. The van der Waals surface area contributed by atoms with Crippen molar-refractivity contribution in [2.75, 3.05) is 44.3 Å². The second kappa shape index (κ2) is 7.98. The molecule has 2 aliphatic rings. The van der Waals surface area contributed by atoms with E-state index in [1.54, 1.807) is 0 Å². The number of nitrogens with zero attached hydrogens (tertiary/aromatic N) is 6. The van der Waals surface area contributed by atoms with Crippen LogP contribution in [-0.4, -0.2) is 74.5 Å². The topological polar surface area (TPSA) is 79.5 Å². The first-order valence-corrected chi connectivity index (χ1v) is 10.8. The van der Waals surface area contributed by atoms with Crippen LogP contribution in [0, 0.1) is 5.92 Å². The summed E-state index contributed by atoms with van der Waals surface area (Å²) in [5, 5.41) is 11.4. The summed E-state index contributed by atoms with van der Waals surface area (Å²) in [4.78, 5) is 18.3. The molecule has 2 fully saturated rings. The molecule has 4 heterocycles. The minimum absolute atomic E-state index is 0.160. The van der Waals surface area contributed by atoms with Gasteiger partial charge in [-0.2, -0.15) is 9.97 Å². The Hall–Kier alpha value is -1.48. The van der Waals surface area contributed by atoms with E-state index < -0.39 is 6.10 Å². The van der Waals surface area contributed by atoms with E-state index in [-0.39, 0.29) is 16.7 Å². The lowest BCUT2D eigenvalue weighted by atomic mass is 9.88. The van der Waals surface area contributed by atoms with Gasteiger partial charge in [0.05, 0.1) is 13.2 Å². The normalized spacial score (nSPS) is 21.1. The molecule has 8 nitrogen and oxygen atoms in total. The molecule has 1 unspecified atom stereocenters. The molecule has 2 aromatic rings. The van der Waals surface area contributed by atoms with Crippen LogP contribution in [0.4, 0.5) is 5.82 Å². The third kappa shape index (κ3) is 4.08. The first kappa shape index (κ1) is 20.8. The average molecular weight is 423 g/mol. The van der Waals surface area contributed by atoms with Crippen LogP contribution in [-0.2, 0) is 11.8 Å². The Morgan fingerprint density at radius 1 is 1.07 bits per heavy atom. The SMILES string of the molecule is Cn1c(C(O)C2CCN(C(C)(C)C)CC2)nc2c(N3CCOCC3)nc(Cl)nc21. The van der Waals surface area contributed by atoms with Crippen molar-refractivity contribution in [3.8, 4) is 0 Å². The van der Waals surface area contributed by atoms with Gasteiger partial charge in [0.2, 0.25) is 5.28 Å². The van der Waals surface area contributed by atoms with Crippen molar-refractivity contribution < 1.29 is 9.84 Å². The number of aliphatic hydroxyl groups is 1. The van der Waals surface area contributed by atoms with Crippen LogP contribution in [0.3, 0.4) is 0 Å². The molecule has 0 aromatic carbocycles. The van der Waals surface area contributed by atoms with Gasteiger partial charge in [0.15, 0.2) is 17.0 Å². The fourth-order valence-corrected chi connectivity index (χ4v) is 4.55. The number of halogens is 1. The number of rotatable bonds is 3. The van der Waals surface area contributed by atoms with E-state index in [1.807, 2.05) is 11.6 Å². The lowest BCUT2D eigenvalue weighted by Crippen LogP contribution is -2.46. The number of ether oxygens (including phenoxy) is 1. The lowest BCUT2D eigenvalue weighted by molar-refractivity contribution is 0.0231. The number of aromatic nitrogens is 4. The third-order valence-corrected chi connectivity index (χ3v) is 6.39. The van der Waals surface area contributed by atoms with Gasteiger partial charge in [-0.1, -0.05) is 0 Å². The van der Waals surface area contributed by atoms with Gasteiger partial charge in [0.25, 0.3) is 0 Å².